The summed E-state index contributed by atoms with van der Waals surface area (Å²) in [5.41, 5.74) is 0.640. The Bertz CT molecular complexity index is 908. The predicted octanol–water partition coefficient (Wildman–Crippen LogP) is 1.62. The molecule has 2 fully saturated rings. The van der Waals surface area contributed by atoms with Gasteiger partial charge in [-0.1, -0.05) is 6.92 Å². The molecule has 1 aromatic carbocycles. The number of carbonyl (C=O) groups excluding carboxylic acids is 1. The Morgan fingerprint density at radius 2 is 2.00 bits per heavy atom. The third-order valence-corrected chi connectivity index (χ3v) is 8.66. The van der Waals surface area contributed by atoms with E-state index in [2.05, 4.69) is 0 Å². The number of hydrogen-bond donors (Lipinski definition) is 0. The molecule has 2 heterocycles. The van der Waals surface area contributed by atoms with Crippen LogP contribution in [0.3, 0.4) is 0 Å². The molecule has 0 N–H and O–H groups in total. The van der Waals surface area contributed by atoms with Gasteiger partial charge in [-0.15, -0.1) is 0 Å². The number of aryl methyl sites for hydroxylation is 1. The molecule has 1 amide bonds. The molecule has 0 aromatic heterocycles. The molecule has 138 valence electrons. The van der Waals surface area contributed by atoms with Gasteiger partial charge in [-0.2, -0.15) is 4.31 Å². The second-order valence-corrected chi connectivity index (χ2v) is 10.3. The lowest BCUT2D eigenvalue weighted by Crippen LogP contribution is -2.35. The maximum atomic E-state index is 13.0. The van der Waals surface area contributed by atoms with E-state index < -0.39 is 26.0 Å². The van der Waals surface area contributed by atoms with E-state index in [1.165, 1.54) is 22.5 Å². The van der Waals surface area contributed by atoms with Gasteiger partial charge in [-0.05, 0) is 49.9 Å². The van der Waals surface area contributed by atoms with E-state index >= 15 is 0 Å². The van der Waals surface area contributed by atoms with Crippen molar-refractivity contribution in [1.82, 2.24) is 4.31 Å². The Kier molecular flexibility index (Phi) is 4.67. The van der Waals surface area contributed by atoms with Crippen LogP contribution in [0.2, 0.25) is 0 Å². The zero-order valence-corrected chi connectivity index (χ0v) is 15.9. The van der Waals surface area contributed by atoms with Crippen molar-refractivity contribution >= 4 is 31.6 Å². The maximum absolute atomic E-state index is 13.0. The number of sulfonamides is 2. The highest BCUT2D eigenvalue weighted by Gasteiger charge is 2.38. The van der Waals surface area contributed by atoms with Crippen LogP contribution < -0.4 is 4.31 Å². The number of carbonyl (C=O) groups is 1. The summed E-state index contributed by atoms with van der Waals surface area (Å²) < 4.78 is 52.3. The molecule has 2 saturated heterocycles. The van der Waals surface area contributed by atoms with Gasteiger partial charge in [0, 0.05) is 19.0 Å². The molecule has 0 spiro atoms. The third-order valence-electron chi connectivity index (χ3n) is 4.85. The van der Waals surface area contributed by atoms with E-state index in [9.17, 15) is 21.6 Å². The molecule has 0 bridgehead atoms. The van der Waals surface area contributed by atoms with Crippen LogP contribution in [0.15, 0.2) is 23.1 Å². The van der Waals surface area contributed by atoms with Crippen molar-refractivity contribution in [1.29, 1.82) is 0 Å². The standard InChI is InChI=1S/C16H22N2O5S2/c1-3-13-5-4-9-17(13)25(22,23)15-7-6-14(11-12(15)2)18-16(19)8-10-24(18,20)21/h6-7,11,13H,3-5,8-10H2,1-2H3. The SMILES string of the molecule is CCC1CCCN1S(=O)(=O)c1ccc(N2C(=O)CCS2(=O)=O)cc1C. The average molecular weight is 386 g/mol. The van der Waals surface area contributed by atoms with Gasteiger partial charge in [0.2, 0.25) is 26.0 Å². The normalized spacial score (nSPS) is 24.2. The lowest BCUT2D eigenvalue weighted by molar-refractivity contribution is -0.116. The molecule has 0 aliphatic carbocycles. The summed E-state index contributed by atoms with van der Waals surface area (Å²) in [5, 5.41) is 0. The van der Waals surface area contributed by atoms with Crippen molar-refractivity contribution in [3.8, 4) is 0 Å². The number of anilines is 1. The zero-order chi connectivity index (χ0) is 18.4. The Morgan fingerprint density at radius 1 is 1.28 bits per heavy atom. The summed E-state index contributed by atoms with van der Waals surface area (Å²) >= 11 is 0. The van der Waals surface area contributed by atoms with Gasteiger partial charge in [0.05, 0.1) is 16.3 Å². The first-order valence-electron chi connectivity index (χ1n) is 8.37. The van der Waals surface area contributed by atoms with Crippen LogP contribution in [0.25, 0.3) is 0 Å². The molecule has 1 unspecified atom stereocenters. The fraction of sp³-hybridized carbons (Fsp3) is 0.562. The minimum Gasteiger partial charge on any atom is -0.273 e. The second kappa shape index (κ2) is 6.37. The molecule has 0 saturated carbocycles. The molecule has 3 rings (SSSR count). The zero-order valence-electron chi connectivity index (χ0n) is 14.3. The van der Waals surface area contributed by atoms with Gasteiger partial charge >= 0.3 is 0 Å². The highest BCUT2D eigenvalue weighted by atomic mass is 32.2. The quantitative estimate of drug-likeness (QED) is 0.784. The van der Waals surface area contributed by atoms with Crippen molar-refractivity contribution in [3.05, 3.63) is 23.8 Å². The predicted molar refractivity (Wildman–Crippen MR) is 94.3 cm³/mol. The largest absolute Gasteiger partial charge is 0.273 e. The van der Waals surface area contributed by atoms with Crippen molar-refractivity contribution in [2.45, 2.75) is 50.5 Å². The summed E-state index contributed by atoms with van der Waals surface area (Å²) in [6.45, 7) is 4.10. The topological polar surface area (TPSA) is 91.8 Å². The highest BCUT2D eigenvalue weighted by molar-refractivity contribution is 7.94. The lowest BCUT2D eigenvalue weighted by Gasteiger charge is -2.24. The molecule has 2 aliphatic heterocycles. The van der Waals surface area contributed by atoms with E-state index in [0.717, 1.165) is 23.6 Å². The van der Waals surface area contributed by atoms with E-state index in [1.807, 2.05) is 6.92 Å². The fourth-order valence-electron chi connectivity index (χ4n) is 3.58. The first-order valence-corrected chi connectivity index (χ1v) is 11.4. The monoisotopic (exact) mass is 386 g/mol. The summed E-state index contributed by atoms with van der Waals surface area (Å²) in [6, 6.07) is 4.28. The van der Waals surface area contributed by atoms with E-state index in [-0.39, 0.29) is 28.8 Å². The molecule has 9 heteroatoms. The molecule has 1 atom stereocenters. The van der Waals surface area contributed by atoms with E-state index in [1.54, 1.807) is 6.92 Å². The van der Waals surface area contributed by atoms with Crippen molar-refractivity contribution in [3.63, 3.8) is 0 Å². The van der Waals surface area contributed by atoms with Crippen LogP contribution in [0.4, 0.5) is 5.69 Å². The summed E-state index contributed by atoms with van der Waals surface area (Å²) in [6.07, 6.45) is 2.41. The average Bonchev–Trinajstić information content (AvgIpc) is 3.11. The Labute approximate surface area is 148 Å². The van der Waals surface area contributed by atoms with Crippen LogP contribution in [-0.4, -0.2) is 45.4 Å². The minimum atomic E-state index is -3.66. The summed E-state index contributed by atoms with van der Waals surface area (Å²) in [5.74, 6) is -0.697. The Morgan fingerprint density at radius 3 is 2.56 bits per heavy atom. The van der Waals surface area contributed by atoms with Gasteiger partial charge in [-0.25, -0.2) is 21.1 Å². The van der Waals surface area contributed by atoms with E-state index in [4.69, 9.17) is 0 Å². The number of benzene rings is 1. The van der Waals surface area contributed by atoms with Crippen LogP contribution >= 0.6 is 0 Å². The molecular weight excluding hydrogens is 364 g/mol. The molecule has 1 aromatic rings. The van der Waals surface area contributed by atoms with Gasteiger partial charge in [0.15, 0.2) is 0 Å². The number of amides is 1. The van der Waals surface area contributed by atoms with Crippen molar-refractivity contribution in [2.24, 2.45) is 0 Å². The molecular formula is C16H22N2O5S2. The summed E-state index contributed by atoms with van der Waals surface area (Å²) in [4.78, 5) is 12.1. The first-order chi connectivity index (χ1) is 11.7. The summed E-state index contributed by atoms with van der Waals surface area (Å²) in [7, 11) is -7.29. The smallest absolute Gasteiger partial charge is 0.243 e. The molecule has 7 nitrogen and oxygen atoms in total. The van der Waals surface area contributed by atoms with Crippen LogP contribution in [0.1, 0.15) is 38.2 Å². The van der Waals surface area contributed by atoms with Gasteiger partial charge in [0.1, 0.15) is 0 Å². The van der Waals surface area contributed by atoms with Crippen molar-refractivity contribution < 1.29 is 21.6 Å². The maximum Gasteiger partial charge on any atom is 0.243 e. The van der Waals surface area contributed by atoms with Gasteiger partial charge < -0.3 is 0 Å². The van der Waals surface area contributed by atoms with Crippen molar-refractivity contribution in [2.75, 3.05) is 16.6 Å². The molecule has 0 radical (unpaired) electrons. The molecule has 2 aliphatic rings. The molecule has 25 heavy (non-hydrogen) atoms. The Balaban J connectivity index is 1.99. The number of rotatable bonds is 4. The first kappa shape index (κ1) is 18.3. The fourth-order valence-corrected chi connectivity index (χ4v) is 7.00. The van der Waals surface area contributed by atoms with Crippen LogP contribution in [-0.2, 0) is 24.8 Å². The third kappa shape index (κ3) is 3.09. The van der Waals surface area contributed by atoms with Crippen LogP contribution in [0, 0.1) is 6.92 Å². The van der Waals surface area contributed by atoms with Crippen LogP contribution in [0.5, 0.6) is 0 Å². The Hall–Kier alpha value is -1.45. The highest BCUT2D eigenvalue weighted by Crippen LogP contribution is 2.32. The van der Waals surface area contributed by atoms with Gasteiger partial charge in [-0.3, -0.25) is 4.79 Å². The van der Waals surface area contributed by atoms with Gasteiger partial charge in [0.25, 0.3) is 0 Å². The minimum absolute atomic E-state index is 0.00427. The number of nitrogens with zero attached hydrogens (tertiary/aromatic N) is 2. The van der Waals surface area contributed by atoms with E-state index in [0.29, 0.717) is 12.1 Å². The second-order valence-electron chi connectivity index (χ2n) is 6.49. The lowest BCUT2D eigenvalue weighted by atomic mass is 10.2. The number of hydrogen-bond acceptors (Lipinski definition) is 5.